The lowest BCUT2D eigenvalue weighted by molar-refractivity contribution is -0.143. The van der Waals surface area contributed by atoms with Crippen LogP contribution in [0.4, 0.5) is 14.7 Å². The molecule has 9 aromatic rings. The Morgan fingerprint density at radius 2 is 1.28 bits per heavy atom. The number of nitrogens with two attached hydrogens (primary N) is 1. The van der Waals surface area contributed by atoms with Crippen molar-refractivity contribution >= 4 is 40.0 Å². The van der Waals surface area contributed by atoms with Gasteiger partial charge in [0.1, 0.15) is 17.6 Å². The molecule has 0 aliphatic carbocycles. The SMILES string of the molecule is COC(=O)C(CCc1ccc(F)cc1)C(=O)c1ccc(C)cc1.Cc1ccc(-c2[nH]n(-c3nc4ncccc4[nH]3)c(=O)c2CCc2ccc(F)cc2)cc1.NNc1nc2ncccc2[nH]1. The van der Waals surface area contributed by atoms with Crippen molar-refractivity contribution in [3.63, 3.8) is 0 Å². The van der Waals surface area contributed by atoms with E-state index in [4.69, 9.17) is 10.6 Å². The van der Waals surface area contributed by atoms with Gasteiger partial charge in [-0.15, -0.1) is 0 Å². The second-order valence-corrected chi connectivity index (χ2v) is 15.1. The number of carbonyl (C=O) groups is 2. The summed E-state index contributed by atoms with van der Waals surface area (Å²) in [6.45, 7) is 3.95. The fraction of sp³-hybridized carbons (Fsp3) is 0.163. The highest BCUT2D eigenvalue weighted by Crippen LogP contribution is 2.24. The zero-order valence-electron chi connectivity index (χ0n) is 35.8. The van der Waals surface area contributed by atoms with Crippen molar-refractivity contribution in [3.8, 4) is 17.2 Å². The Balaban J connectivity index is 0.000000162. The number of aromatic amines is 3. The molecule has 0 amide bonds. The molecule has 0 saturated heterocycles. The van der Waals surface area contributed by atoms with Crippen LogP contribution in [0.25, 0.3) is 39.5 Å². The molecule has 9 rings (SSSR count). The number of ether oxygens (including phenoxy) is 1. The summed E-state index contributed by atoms with van der Waals surface area (Å²) >= 11 is 0. The fourth-order valence-corrected chi connectivity index (χ4v) is 6.96. The first kappa shape index (κ1) is 44.9. The average molecular weight is 877 g/mol. The third-order valence-corrected chi connectivity index (χ3v) is 10.5. The Kier molecular flexibility index (Phi) is 14.4. The minimum Gasteiger partial charge on any atom is -0.468 e. The van der Waals surface area contributed by atoms with E-state index in [-0.39, 0.29) is 23.0 Å². The maximum absolute atomic E-state index is 13.4. The van der Waals surface area contributed by atoms with E-state index in [9.17, 15) is 23.2 Å². The molecule has 0 spiro atoms. The lowest BCUT2D eigenvalue weighted by Crippen LogP contribution is -2.26. The van der Waals surface area contributed by atoms with E-state index in [1.165, 1.54) is 36.1 Å². The van der Waals surface area contributed by atoms with Crippen molar-refractivity contribution in [1.82, 2.24) is 39.7 Å². The van der Waals surface area contributed by atoms with Gasteiger partial charge in [0.2, 0.25) is 11.9 Å². The van der Waals surface area contributed by atoms with Crippen molar-refractivity contribution in [1.29, 1.82) is 0 Å². The van der Waals surface area contributed by atoms with Gasteiger partial charge >= 0.3 is 5.97 Å². The Bertz CT molecular complexity index is 3000. The number of nitrogen functional groups attached to an aromatic ring is 1. The summed E-state index contributed by atoms with van der Waals surface area (Å²) in [5.74, 6) is 3.83. The number of pyridine rings is 2. The number of carbonyl (C=O) groups excluding carboxylic acids is 2. The summed E-state index contributed by atoms with van der Waals surface area (Å²) in [5.41, 5.74) is 11.9. The number of Topliss-reactive ketones (excluding diaryl/α,β-unsaturated/α-hetero) is 1. The van der Waals surface area contributed by atoms with Crippen LogP contribution in [0.2, 0.25) is 0 Å². The minimum absolute atomic E-state index is 0.170. The molecular weight excluding hydrogens is 831 g/mol. The minimum atomic E-state index is -0.854. The molecule has 6 N–H and O–H groups in total. The molecular formula is C49H46F2N10O4. The molecule has 0 aliphatic rings. The van der Waals surface area contributed by atoms with Gasteiger partial charge in [0.25, 0.3) is 5.56 Å². The first-order chi connectivity index (χ1) is 31.5. The lowest BCUT2D eigenvalue weighted by atomic mass is 9.91. The van der Waals surface area contributed by atoms with Crippen molar-refractivity contribution in [2.75, 3.05) is 12.5 Å². The lowest BCUT2D eigenvalue weighted by Gasteiger charge is -2.14. The molecule has 1 unspecified atom stereocenters. The molecule has 14 nitrogen and oxygen atoms in total. The molecule has 0 fully saturated rings. The van der Waals surface area contributed by atoms with Gasteiger partial charge in [-0.05, 0) is 105 Å². The number of esters is 1. The third kappa shape index (κ3) is 11.3. The highest BCUT2D eigenvalue weighted by Gasteiger charge is 2.28. The molecule has 4 aromatic carbocycles. The largest absolute Gasteiger partial charge is 0.468 e. The number of hydrogen-bond donors (Lipinski definition) is 5. The van der Waals surface area contributed by atoms with Crippen LogP contribution in [0.1, 0.15) is 44.6 Å². The van der Waals surface area contributed by atoms with Crippen molar-refractivity contribution in [2.45, 2.75) is 39.5 Å². The normalized spacial score (nSPS) is 11.3. The van der Waals surface area contributed by atoms with Crippen LogP contribution in [0, 0.1) is 31.4 Å². The Morgan fingerprint density at radius 3 is 1.83 bits per heavy atom. The Labute approximate surface area is 371 Å². The van der Waals surface area contributed by atoms with Gasteiger partial charge in [-0.1, -0.05) is 83.9 Å². The summed E-state index contributed by atoms with van der Waals surface area (Å²) < 4.78 is 32.4. The number of hydrogen-bond acceptors (Lipinski definition) is 10. The predicted octanol–water partition coefficient (Wildman–Crippen LogP) is 8.32. The molecule has 5 aromatic heterocycles. The third-order valence-electron chi connectivity index (χ3n) is 10.5. The summed E-state index contributed by atoms with van der Waals surface area (Å²) in [5, 5.41) is 3.23. The predicted molar refractivity (Wildman–Crippen MR) is 245 cm³/mol. The molecule has 0 aliphatic heterocycles. The molecule has 330 valence electrons. The molecule has 1 atom stereocenters. The number of fused-ring (bicyclic) bond motifs is 2. The topological polar surface area (TPSA) is 202 Å². The quantitative estimate of drug-likeness (QED) is 0.0261. The number of ketones is 1. The van der Waals surface area contributed by atoms with Crippen LogP contribution in [-0.2, 0) is 28.8 Å². The number of halogens is 2. The second-order valence-electron chi connectivity index (χ2n) is 15.1. The number of aryl methyl sites for hydroxylation is 4. The summed E-state index contributed by atoms with van der Waals surface area (Å²) in [4.78, 5) is 60.7. The standard InChI is InChI=1S/C24H20FN5O.C19H19FO3.C6H7N5/c1-15-4-9-17(10-5-15)21-19(13-8-16-6-11-18(25)12-7-16)23(31)30(29-21)24-27-20-3-2-14-26-22(20)28-24;1-13-3-8-15(9-4-13)18(21)17(19(22)23-2)12-7-14-5-10-16(20)11-6-14;7-11-6-9-4-2-1-3-8-5(4)10-6/h2-7,9-12,14,29H,8,13H2,1H3,(H,26,27,28);3-6,8-11,17H,7,12H2,1-2H3;1-3H,7H2,(H2,8,9,10,11). The van der Waals surface area contributed by atoms with E-state index in [0.29, 0.717) is 60.0 Å². The van der Waals surface area contributed by atoms with Crippen LogP contribution < -0.4 is 16.8 Å². The van der Waals surface area contributed by atoms with Crippen LogP contribution in [0.5, 0.6) is 0 Å². The number of aromatic nitrogens is 8. The van der Waals surface area contributed by atoms with E-state index in [1.54, 1.807) is 48.8 Å². The smallest absolute Gasteiger partial charge is 0.316 e. The van der Waals surface area contributed by atoms with E-state index in [2.05, 4.69) is 40.4 Å². The van der Waals surface area contributed by atoms with E-state index in [1.807, 2.05) is 74.5 Å². The van der Waals surface area contributed by atoms with Crippen LogP contribution in [-0.4, -0.2) is 58.5 Å². The van der Waals surface area contributed by atoms with Crippen LogP contribution in [0.15, 0.2) is 139 Å². The second kappa shape index (κ2) is 20.8. The Morgan fingerprint density at radius 1 is 0.723 bits per heavy atom. The van der Waals surface area contributed by atoms with E-state index < -0.39 is 11.9 Å². The highest BCUT2D eigenvalue weighted by molar-refractivity contribution is 6.08. The number of nitrogens with one attached hydrogen (secondary N) is 4. The monoisotopic (exact) mass is 876 g/mol. The number of benzene rings is 4. The van der Waals surface area contributed by atoms with Gasteiger partial charge in [-0.3, -0.25) is 24.9 Å². The van der Waals surface area contributed by atoms with Gasteiger partial charge in [0.05, 0.1) is 23.8 Å². The van der Waals surface area contributed by atoms with Crippen LogP contribution in [0.3, 0.4) is 0 Å². The number of rotatable bonds is 12. The van der Waals surface area contributed by atoms with E-state index >= 15 is 0 Å². The van der Waals surface area contributed by atoms with Gasteiger partial charge in [-0.2, -0.15) is 14.6 Å². The number of H-pyrrole nitrogens is 3. The maximum atomic E-state index is 13.4. The van der Waals surface area contributed by atoms with Gasteiger partial charge in [-0.25, -0.2) is 24.6 Å². The number of imidazole rings is 2. The maximum Gasteiger partial charge on any atom is 0.316 e. The van der Waals surface area contributed by atoms with Gasteiger partial charge in [0.15, 0.2) is 17.1 Å². The molecule has 0 saturated carbocycles. The van der Waals surface area contributed by atoms with Gasteiger partial charge < -0.3 is 14.7 Å². The van der Waals surface area contributed by atoms with Crippen molar-refractivity contribution in [3.05, 3.63) is 189 Å². The first-order valence-corrected chi connectivity index (χ1v) is 20.7. The number of anilines is 1. The van der Waals surface area contributed by atoms with Crippen LogP contribution >= 0.6 is 0 Å². The molecule has 16 heteroatoms. The molecule has 0 bridgehead atoms. The summed E-state index contributed by atoms with van der Waals surface area (Å²) in [7, 11) is 1.27. The van der Waals surface area contributed by atoms with Gasteiger partial charge in [0, 0.05) is 23.5 Å². The Hall–Kier alpha value is -8.11. The van der Waals surface area contributed by atoms with Crippen molar-refractivity contribution < 1.29 is 23.1 Å². The summed E-state index contributed by atoms with van der Waals surface area (Å²) in [6.07, 6.45) is 5.30. The zero-order valence-corrected chi connectivity index (χ0v) is 35.8. The number of methoxy groups -OCH3 is 1. The molecule has 65 heavy (non-hydrogen) atoms. The summed E-state index contributed by atoms with van der Waals surface area (Å²) in [6, 6.07) is 34.9. The molecule has 5 heterocycles. The highest BCUT2D eigenvalue weighted by atomic mass is 19.1. The van der Waals surface area contributed by atoms with Crippen molar-refractivity contribution in [2.24, 2.45) is 11.8 Å². The number of nitrogens with zero attached hydrogens (tertiary/aromatic N) is 5. The zero-order chi connectivity index (χ0) is 45.9. The fourth-order valence-electron chi connectivity index (χ4n) is 6.96. The average Bonchev–Trinajstić information content (AvgIpc) is 4.05. The van der Waals surface area contributed by atoms with E-state index in [0.717, 1.165) is 44.5 Å². The molecule has 0 radical (unpaired) electrons. The first-order valence-electron chi connectivity index (χ1n) is 20.7. The number of hydrazine groups is 1.